The van der Waals surface area contributed by atoms with Gasteiger partial charge in [-0.25, -0.2) is 0 Å². The van der Waals surface area contributed by atoms with Crippen LogP contribution in [0.15, 0.2) is 0 Å². The molecule has 0 unspecified atom stereocenters. The van der Waals surface area contributed by atoms with Gasteiger partial charge in [-0.1, -0.05) is 0 Å². The molecule has 2 N–H and O–H groups in total. The number of Topliss-reactive ketones (excluding diaryl/α,β-unsaturated/α-hetero) is 1. The molecule has 1 saturated carbocycles. The minimum atomic E-state index is -0.822. The summed E-state index contributed by atoms with van der Waals surface area (Å²) in [5.41, 5.74) is 0. The van der Waals surface area contributed by atoms with Crippen LogP contribution in [-0.2, 0) is 9.59 Å². The summed E-state index contributed by atoms with van der Waals surface area (Å²) in [7, 11) is 0. The van der Waals surface area contributed by atoms with Crippen LogP contribution in [0.25, 0.3) is 0 Å². The van der Waals surface area contributed by atoms with Gasteiger partial charge in [0.25, 0.3) is 0 Å². The molecule has 3 atom stereocenters. The quantitative estimate of drug-likeness (QED) is 0.562. The molecule has 4 nitrogen and oxygen atoms in total. The summed E-state index contributed by atoms with van der Waals surface area (Å²) in [4.78, 5) is 21.9. The van der Waals surface area contributed by atoms with Gasteiger partial charge in [0.05, 0.1) is 0 Å². The molecule has 2 aliphatic rings. The van der Waals surface area contributed by atoms with E-state index >= 15 is 0 Å². The molecule has 0 aromatic rings. The number of carboxylic acids is 1. The minimum Gasteiger partial charge on any atom is -0.480 e. The van der Waals surface area contributed by atoms with Crippen molar-refractivity contribution in [2.75, 3.05) is 6.54 Å². The summed E-state index contributed by atoms with van der Waals surface area (Å²) in [5.74, 6) is -0.561. The molecule has 4 heteroatoms. The number of carbonyl (C=O) groups is 2. The number of fused-ring (bicyclic) bond motifs is 1. The van der Waals surface area contributed by atoms with E-state index in [9.17, 15) is 9.59 Å². The first-order chi connectivity index (χ1) is 5.70. The van der Waals surface area contributed by atoms with Gasteiger partial charge in [-0.2, -0.15) is 0 Å². The maximum Gasteiger partial charge on any atom is 0.321 e. The SMILES string of the molecule is O=C(O)[C@H]1NC[C@H]2C(=O)CC[C@@H]12. The van der Waals surface area contributed by atoms with Crippen molar-refractivity contribution in [2.24, 2.45) is 11.8 Å². The van der Waals surface area contributed by atoms with E-state index in [1.165, 1.54) is 0 Å². The van der Waals surface area contributed by atoms with Gasteiger partial charge in [-0.3, -0.25) is 9.59 Å². The van der Waals surface area contributed by atoms with Crippen LogP contribution in [0.1, 0.15) is 12.8 Å². The first-order valence-corrected chi connectivity index (χ1v) is 4.19. The van der Waals surface area contributed by atoms with Crippen LogP contribution in [0.5, 0.6) is 0 Å². The molecule has 1 heterocycles. The lowest BCUT2D eigenvalue weighted by Gasteiger charge is -2.11. The zero-order valence-electron chi connectivity index (χ0n) is 6.62. The number of hydrogen-bond donors (Lipinski definition) is 2. The van der Waals surface area contributed by atoms with Crippen LogP contribution in [0.2, 0.25) is 0 Å². The highest BCUT2D eigenvalue weighted by atomic mass is 16.4. The van der Waals surface area contributed by atoms with Crippen molar-refractivity contribution in [3.8, 4) is 0 Å². The number of aliphatic carboxylic acids is 1. The molecule has 0 radical (unpaired) electrons. The molecule has 2 rings (SSSR count). The molecule has 1 aliphatic carbocycles. The topological polar surface area (TPSA) is 66.4 Å². The summed E-state index contributed by atoms with van der Waals surface area (Å²) < 4.78 is 0. The van der Waals surface area contributed by atoms with Gasteiger partial charge in [0.1, 0.15) is 11.8 Å². The summed E-state index contributed by atoms with van der Waals surface area (Å²) in [6, 6.07) is -0.485. The van der Waals surface area contributed by atoms with Crippen molar-refractivity contribution in [1.29, 1.82) is 0 Å². The van der Waals surface area contributed by atoms with Crippen molar-refractivity contribution in [1.82, 2.24) is 5.32 Å². The highest BCUT2D eigenvalue weighted by molar-refractivity contribution is 5.86. The van der Waals surface area contributed by atoms with Gasteiger partial charge in [-0.05, 0) is 12.3 Å². The smallest absolute Gasteiger partial charge is 0.321 e. The Balaban J connectivity index is 2.15. The minimum absolute atomic E-state index is 0.0221. The van der Waals surface area contributed by atoms with E-state index in [0.717, 1.165) is 6.42 Å². The van der Waals surface area contributed by atoms with Crippen LogP contribution in [0.4, 0.5) is 0 Å². The molecule has 1 saturated heterocycles. The number of ketones is 1. The van der Waals surface area contributed by atoms with Crippen LogP contribution >= 0.6 is 0 Å². The van der Waals surface area contributed by atoms with Gasteiger partial charge >= 0.3 is 5.97 Å². The van der Waals surface area contributed by atoms with E-state index in [-0.39, 0.29) is 17.6 Å². The van der Waals surface area contributed by atoms with Crippen molar-refractivity contribution >= 4 is 11.8 Å². The lowest BCUT2D eigenvalue weighted by Crippen LogP contribution is -2.35. The predicted octanol–water partition coefficient (Wildman–Crippen LogP) is -0.362. The van der Waals surface area contributed by atoms with Crippen molar-refractivity contribution in [2.45, 2.75) is 18.9 Å². The molecular formula is C8H11NO3. The van der Waals surface area contributed by atoms with Gasteiger partial charge in [-0.15, -0.1) is 0 Å². The Morgan fingerprint density at radius 3 is 3.00 bits per heavy atom. The zero-order chi connectivity index (χ0) is 8.72. The fourth-order valence-corrected chi connectivity index (χ4v) is 2.27. The molecule has 66 valence electrons. The summed E-state index contributed by atoms with van der Waals surface area (Å²) >= 11 is 0. The van der Waals surface area contributed by atoms with E-state index < -0.39 is 12.0 Å². The summed E-state index contributed by atoms with van der Waals surface area (Å²) in [5, 5.41) is 11.6. The lowest BCUT2D eigenvalue weighted by molar-refractivity contribution is -0.140. The number of nitrogens with one attached hydrogen (secondary N) is 1. The Morgan fingerprint density at radius 1 is 1.58 bits per heavy atom. The third-order valence-corrected chi connectivity index (χ3v) is 2.91. The average molecular weight is 169 g/mol. The van der Waals surface area contributed by atoms with Crippen LogP contribution in [-0.4, -0.2) is 29.4 Å². The van der Waals surface area contributed by atoms with Gasteiger partial charge in [0.15, 0.2) is 0 Å². The molecule has 0 aromatic carbocycles. The molecule has 1 aliphatic heterocycles. The molecular weight excluding hydrogens is 158 g/mol. The number of rotatable bonds is 1. The standard InChI is InChI=1S/C8H11NO3/c10-6-2-1-4-5(6)3-9-7(4)8(11)12/h4-5,7,9H,1-3H2,(H,11,12)/t4-,5-,7+/m1/s1. The third-order valence-electron chi connectivity index (χ3n) is 2.91. The van der Waals surface area contributed by atoms with Crippen LogP contribution in [0.3, 0.4) is 0 Å². The highest BCUT2D eigenvalue weighted by Gasteiger charge is 2.46. The Kier molecular flexibility index (Phi) is 1.65. The van der Waals surface area contributed by atoms with Crippen LogP contribution < -0.4 is 5.32 Å². The zero-order valence-corrected chi connectivity index (χ0v) is 6.62. The average Bonchev–Trinajstić information content (AvgIpc) is 2.53. The van der Waals surface area contributed by atoms with E-state index in [4.69, 9.17) is 5.11 Å². The van der Waals surface area contributed by atoms with Crippen LogP contribution in [0, 0.1) is 11.8 Å². The summed E-state index contributed by atoms with van der Waals surface area (Å²) in [6.07, 6.45) is 1.31. The van der Waals surface area contributed by atoms with Crippen molar-refractivity contribution < 1.29 is 14.7 Å². The molecule has 0 aromatic heterocycles. The second-order valence-corrected chi connectivity index (χ2v) is 3.50. The van der Waals surface area contributed by atoms with E-state index in [1.54, 1.807) is 0 Å². The Labute approximate surface area is 69.9 Å². The predicted molar refractivity (Wildman–Crippen MR) is 40.6 cm³/mol. The maximum atomic E-state index is 11.2. The maximum absolute atomic E-state index is 11.2. The van der Waals surface area contributed by atoms with E-state index in [1.807, 2.05) is 0 Å². The van der Waals surface area contributed by atoms with Crippen molar-refractivity contribution in [3.05, 3.63) is 0 Å². The molecule has 2 fully saturated rings. The van der Waals surface area contributed by atoms with E-state index in [2.05, 4.69) is 5.32 Å². The lowest BCUT2D eigenvalue weighted by atomic mass is 9.94. The number of carbonyl (C=O) groups excluding carboxylic acids is 1. The van der Waals surface area contributed by atoms with Gasteiger partial charge in [0, 0.05) is 18.9 Å². The Hall–Kier alpha value is -0.900. The first kappa shape index (κ1) is 7.73. The molecule has 0 spiro atoms. The molecule has 0 amide bonds. The molecule has 0 bridgehead atoms. The Bertz CT molecular complexity index is 238. The second-order valence-electron chi connectivity index (χ2n) is 3.50. The fraction of sp³-hybridized carbons (Fsp3) is 0.750. The van der Waals surface area contributed by atoms with Gasteiger partial charge < -0.3 is 10.4 Å². The second kappa shape index (κ2) is 2.55. The number of hydrogen-bond acceptors (Lipinski definition) is 3. The normalized spacial score (nSPS) is 40.0. The monoisotopic (exact) mass is 169 g/mol. The molecule has 12 heavy (non-hydrogen) atoms. The summed E-state index contributed by atoms with van der Waals surface area (Å²) in [6.45, 7) is 0.556. The third kappa shape index (κ3) is 0.948. The largest absolute Gasteiger partial charge is 0.480 e. The van der Waals surface area contributed by atoms with Gasteiger partial charge in [0.2, 0.25) is 0 Å². The first-order valence-electron chi connectivity index (χ1n) is 4.19. The highest BCUT2D eigenvalue weighted by Crippen LogP contribution is 2.35. The Morgan fingerprint density at radius 2 is 2.33 bits per heavy atom. The van der Waals surface area contributed by atoms with E-state index in [0.29, 0.717) is 13.0 Å². The van der Waals surface area contributed by atoms with Crippen molar-refractivity contribution in [3.63, 3.8) is 0 Å². The number of carboxylic acid groups (broad SMARTS) is 1. The fourth-order valence-electron chi connectivity index (χ4n) is 2.27.